The van der Waals surface area contributed by atoms with E-state index in [0.29, 0.717) is 17.3 Å². The smallest absolute Gasteiger partial charge is 0.185 e. The number of hydrogen-bond donors (Lipinski definition) is 1. The van der Waals surface area contributed by atoms with Crippen LogP contribution < -0.4 is 0 Å². The zero-order valence-corrected chi connectivity index (χ0v) is 9.80. The summed E-state index contributed by atoms with van der Waals surface area (Å²) >= 11 is 0. The van der Waals surface area contributed by atoms with Gasteiger partial charge in [-0.05, 0) is 24.5 Å². The van der Waals surface area contributed by atoms with Gasteiger partial charge in [0.25, 0.3) is 0 Å². The highest BCUT2D eigenvalue weighted by Crippen LogP contribution is 2.27. The van der Waals surface area contributed by atoms with Gasteiger partial charge in [0.1, 0.15) is 11.6 Å². The molecule has 0 spiro atoms. The van der Waals surface area contributed by atoms with Gasteiger partial charge in [0.05, 0.1) is 5.56 Å². The van der Waals surface area contributed by atoms with E-state index >= 15 is 0 Å². The summed E-state index contributed by atoms with van der Waals surface area (Å²) in [4.78, 5) is 4.52. The van der Waals surface area contributed by atoms with Crippen LogP contribution in [-0.2, 0) is 13.0 Å². The molecule has 4 nitrogen and oxygen atoms in total. The molecule has 1 aromatic heterocycles. The maximum absolute atomic E-state index is 9.79. The normalized spacial score (nSPS) is 19.0. The number of phenolic OH excluding ortho intramolecular Hbond substituents is 1. The van der Waals surface area contributed by atoms with Crippen molar-refractivity contribution in [3.05, 3.63) is 30.1 Å². The molecular formula is C13H15N3O. The average Bonchev–Trinajstić information content (AvgIpc) is 2.72. The lowest BCUT2D eigenvalue weighted by atomic mass is 10.0. The van der Waals surface area contributed by atoms with Crippen LogP contribution in [-0.4, -0.2) is 19.9 Å². The van der Waals surface area contributed by atoms with Gasteiger partial charge in [-0.2, -0.15) is 5.10 Å². The zero-order valence-electron chi connectivity index (χ0n) is 9.80. The number of rotatable bonds is 1. The first-order valence-electron chi connectivity index (χ1n) is 5.96. The fourth-order valence-corrected chi connectivity index (χ4v) is 2.24. The van der Waals surface area contributed by atoms with E-state index in [1.165, 1.54) is 0 Å². The van der Waals surface area contributed by atoms with E-state index in [0.717, 1.165) is 25.2 Å². The molecule has 1 atom stereocenters. The third kappa shape index (κ3) is 1.79. The van der Waals surface area contributed by atoms with Gasteiger partial charge in [-0.3, -0.25) is 0 Å². The molecule has 1 aromatic carbocycles. The van der Waals surface area contributed by atoms with E-state index < -0.39 is 0 Å². The van der Waals surface area contributed by atoms with Crippen LogP contribution in [0.25, 0.3) is 11.4 Å². The number of benzene rings is 1. The first kappa shape index (κ1) is 10.3. The summed E-state index contributed by atoms with van der Waals surface area (Å²) in [6.45, 7) is 3.16. The lowest BCUT2D eigenvalue weighted by Crippen LogP contribution is -2.18. The minimum atomic E-state index is 0.239. The van der Waals surface area contributed by atoms with E-state index in [-0.39, 0.29) is 5.75 Å². The molecule has 0 fully saturated rings. The average molecular weight is 229 g/mol. The van der Waals surface area contributed by atoms with Crippen LogP contribution in [0.2, 0.25) is 0 Å². The minimum absolute atomic E-state index is 0.239. The second-order valence-corrected chi connectivity index (χ2v) is 4.69. The molecule has 2 heterocycles. The molecule has 3 rings (SSSR count). The molecule has 0 bridgehead atoms. The Kier molecular flexibility index (Phi) is 2.35. The Morgan fingerprint density at radius 3 is 3.00 bits per heavy atom. The van der Waals surface area contributed by atoms with Crippen LogP contribution >= 0.6 is 0 Å². The summed E-state index contributed by atoms with van der Waals surface area (Å²) in [5, 5.41) is 14.2. The lowest BCUT2D eigenvalue weighted by Gasteiger charge is -2.17. The van der Waals surface area contributed by atoms with Gasteiger partial charge in [0.2, 0.25) is 0 Å². The van der Waals surface area contributed by atoms with Crippen molar-refractivity contribution in [3.8, 4) is 17.1 Å². The van der Waals surface area contributed by atoms with Crippen molar-refractivity contribution in [2.24, 2.45) is 5.92 Å². The van der Waals surface area contributed by atoms with Crippen LogP contribution in [0.3, 0.4) is 0 Å². The summed E-state index contributed by atoms with van der Waals surface area (Å²) in [5.41, 5.74) is 0.710. The Labute approximate surface area is 99.9 Å². The maximum atomic E-state index is 9.79. The van der Waals surface area contributed by atoms with Crippen molar-refractivity contribution in [2.45, 2.75) is 26.3 Å². The van der Waals surface area contributed by atoms with Crippen LogP contribution in [0.4, 0.5) is 0 Å². The van der Waals surface area contributed by atoms with Gasteiger partial charge in [-0.1, -0.05) is 19.1 Å². The number of aromatic hydroxyl groups is 1. The summed E-state index contributed by atoms with van der Waals surface area (Å²) < 4.78 is 1.96. The van der Waals surface area contributed by atoms with E-state index in [2.05, 4.69) is 17.0 Å². The number of phenols is 1. The second-order valence-electron chi connectivity index (χ2n) is 4.69. The molecule has 17 heavy (non-hydrogen) atoms. The number of aryl methyl sites for hydroxylation is 1. The molecule has 1 unspecified atom stereocenters. The molecule has 1 aliphatic heterocycles. The van der Waals surface area contributed by atoms with Gasteiger partial charge in [0.15, 0.2) is 5.82 Å². The monoisotopic (exact) mass is 229 g/mol. The number of fused-ring (bicyclic) bond motifs is 1. The Morgan fingerprint density at radius 1 is 1.35 bits per heavy atom. The van der Waals surface area contributed by atoms with Crippen molar-refractivity contribution in [1.82, 2.24) is 14.8 Å². The third-order valence-corrected chi connectivity index (χ3v) is 3.26. The molecule has 0 saturated carbocycles. The minimum Gasteiger partial charge on any atom is -0.507 e. The van der Waals surface area contributed by atoms with Crippen LogP contribution in [0.1, 0.15) is 19.2 Å². The number of para-hydroxylation sites is 1. The van der Waals surface area contributed by atoms with Gasteiger partial charge in [0, 0.05) is 13.0 Å². The molecular weight excluding hydrogens is 214 g/mol. The molecule has 0 saturated heterocycles. The maximum Gasteiger partial charge on any atom is 0.185 e. The van der Waals surface area contributed by atoms with Gasteiger partial charge >= 0.3 is 0 Å². The highest BCUT2D eigenvalue weighted by Gasteiger charge is 2.20. The highest BCUT2D eigenvalue weighted by molar-refractivity contribution is 5.63. The molecule has 1 N–H and O–H groups in total. The topological polar surface area (TPSA) is 50.9 Å². The molecule has 0 amide bonds. The fraction of sp³-hybridized carbons (Fsp3) is 0.385. The van der Waals surface area contributed by atoms with Gasteiger partial charge < -0.3 is 5.11 Å². The quantitative estimate of drug-likeness (QED) is 0.815. The van der Waals surface area contributed by atoms with Crippen LogP contribution in [0, 0.1) is 5.92 Å². The van der Waals surface area contributed by atoms with Gasteiger partial charge in [-0.15, -0.1) is 0 Å². The SMILES string of the molecule is CC1CCn2nc(-c3ccccc3O)nc2C1. The van der Waals surface area contributed by atoms with Crippen molar-refractivity contribution < 1.29 is 5.11 Å². The largest absolute Gasteiger partial charge is 0.507 e. The molecule has 2 aromatic rings. The van der Waals surface area contributed by atoms with E-state index in [9.17, 15) is 5.11 Å². The van der Waals surface area contributed by atoms with Crippen molar-refractivity contribution in [2.75, 3.05) is 0 Å². The highest BCUT2D eigenvalue weighted by atomic mass is 16.3. The molecule has 0 radical (unpaired) electrons. The molecule has 1 aliphatic rings. The standard InChI is InChI=1S/C13H15N3O/c1-9-6-7-16-12(8-9)14-13(15-16)10-4-2-3-5-11(10)17/h2-5,9,17H,6-8H2,1H3. The summed E-state index contributed by atoms with van der Waals surface area (Å²) in [7, 11) is 0. The van der Waals surface area contributed by atoms with E-state index in [4.69, 9.17) is 0 Å². The zero-order chi connectivity index (χ0) is 11.8. The van der Waals surface area contributed by atoms with Crippen LogP contribution in [0.15, 0.2) is 24.3 Å². The number of hydrogen-bond acceptors (Lipinski definition) is 3. The summed E-state index contributed by atoms with van der Waals surface area (Å²) in [6, 6.07) is 7.20. The molecule has 0 aliphatic carbocycles. The Bertz CT molecular complexity index is 547. The van der Waals surface area contributed by atoms with E-state index in [1.807, 2.05) is 16.8 Å². The van der Waals surface area contributed by atoms with E-state index in [1.54, 1.807) is 12.1 Å². The first-order chi connectivity index (χ1) is 8.24. The second kappa shape index (κ2) is 3.87. The first-order valence-corrected chi connectivity index (χ1v) is 5.96. The Balaban J connectivity index is 2.03. The third-order valence-electron chi connectivity index (χ3n) is 3.26. The summed E-state index contributed by atoms with van der Waals surface area (Å²) in [5.74, 6) is 2.57. The fourth-order valence-electron chi connectivity index (χ4n) is 2.24. The predicted molar refractivity (Wildman–Crippen MR) is 64.6 cm³/mol. The number of aromatic nitrogens is 3. The Morgan fingerprint density at radius 2 is 2.18 bits per heavy atom. The van der Waals surface area contributed by atoms with Crippen molar-refractivity contribution in [3.63, 3.8) is 0 Å². The van der Waals surface area contributed by atoms with Crippen LogP contribution in [0.5, 0.6) is 5.75 Å². The lowest BCUT2D eigenvalue weighted by molar-refractivity contribution is 0.386. The number of nitrogens with zero attached hydrogens (tertiary/aromatic N) is 3. The predicted octanol–water partition coefficient (Wildman–Crippen LogP) is 2.23. The summed E-state index contributed by atoms with van der Waals surface area (Å²) in [6.07, 6.45) is 2.12. The van der Waals surface area contributed by atoms with Gasteiger partial charge in [-0.25, -0.2) is 9.67 Å². The Hall–Kier alpha value is -1.84. The molecule has 4 heteroatoms. The van der Waals surface area contributed by atoms with Crippen molar-refractivity contribution >= 4 is 0 Å². The molecule has 88 valence electrons. The van der Waals surface area contributed by atoms with Crippen molar-refractivity contribution in [1.29, 1.82) is 0 Å².